The number of primary sulfonamides is 1. The van der Waals surface area contributed by atoms with Gasteiger partial charge in [0.1, 0.15) is 11.6 Å². The number of carbonyl (C=O) groups excluding carboxylic acids is 1. The molecule has 192 valence electrons. The molecule has 3 N–H and O–H groups in total. The molecule has 0 radical (unpaired) electrons. The Morgan fingerprint density at radius 3 is 2.67 bits per heavy atom. The molecule has 1 amide bonds. The fourth-order valence-electron chi connectivity index (χ4n) is 4.92. The van der Waals surface area contributed by atoms with Gasteiger partial charge >= 0.3 is 0 Å². The lowest BCUT2D eigenvalue weighted by Crippen LogP contribution is -2.46. The zero-order valence-corrected chi connectivity index (χ0v) is 21.0. The molecule has 1 aliphatic carbocycles. The Kier molecular flexibility index (Phi) is 7.10. The zero-order valence-electron chi connectivity index (χ0n) is 20.2. The topological polar surface area (TPSA) is 132 Å². The van der Waals surface area contributed by atoms with Gasteiger partial charge in [-0.2, -0.15) is 4.98 Å². The maximum Gasteiger partial charge on any atom is 0.225 e. The highest BCUT2D eigenvalue weighted by Gasteiger charge is 2.31. The Labute approximate surface area is 210 Å². The number of nitrogens with two attached hydrogens (primary N) is 1. The molecule has 2 aliphatic rings. The van der Waals surface area contributed by atoms with Gasteiger partial charge in [0.05, 0.1) is 17.9 Å². The van der Waals surface area contributed by atoms with Crippen LogP contribution in [0.3, 0.4) is 0 Å². The minimum atomic E-state index is -3.50. The second-order valence-corrected chi connectivity index (χ2v) is 11.3. The third kappa shape index (κ3) is 5.62. The van der Waals surface area contributed by atoms with E-state index in [1.165, 1.54) is 0 Å². The number of carbonyl (C=O) groups is 1. The van der Waals surface area contributed by atoms with Crippen molar-refractivity contribution in [3.05, 3.63) is 42.7 Å². The number of amides is 1. The third-order valence-corrected chi connectivity index (χ3v) is 7.85. The van der Waals surface area contributed by atoms with Crippen molar-refractivity contribution in [3.8, 4) is 11.6 Å². The van der Waals surface area contributed by atoms with Crippen LogP contribution in [0.4, 0.5) is 5.95 Å². The maximum absolute atomic E-state index is 12.5. The van der Waals surface area contributed by atoms with E-state index >= 15 is 0 Å². The number of nitrogens with one attached hydrogen (secondary N) is 1. The summed E-state index contributed by atoms with van der Waals surface area (Å²) >= 11 is 0. The molecule has 1 aromatic carbocycles. The quantitative estimate of drug-likeness (QED) is 0.421. The number of aromatic nitrogens is 3. The van der Waals surface area contributed by atoms with Crippen molar-refractivity contribution in [2.45, 2.75) is 44.6 Å². The number of fused-ring (bicyclic) bond motifs is 1. The summed E-state index contributed by atoms with van der Waals surface area (Å²) in [6.07, 6.45) is 8.77. The van der Waals surface area contributed by atoms with E-state index in [9.17, 15) is 13.2 Å². The van der Waals surface area contributed by atoms with Crippen molar-refractivity contribution < 1.29 is 17.9 Å². The van der Waals surface area contributed by atoms with Crippen LogP contribution in [0, 0.1) is 5.92 Å². The lowest BCUT2D eigenvalue weighted by Gasteiger charge is -2.36. The van der Waals surface area contributed by atoms with Gasteiger partial charge in [0.15, 0.2) is 0 Å². The molecule has 1 aliphatic heterocycles. The number of nitrogens with zero attached hydrogens (tertiary/aromatic N) is 4. The summed E-state index contributed by atoms with van der Waals surface area (Å²) in [5.74, 6) is 2.34. The fourth-order valence-corrected chi connectivity index (χ4v) is 5.44. The molecule has 11 heteroatoms. The molecule has 36 heavy (non-hydrogen) atoms. The zero-order chi connectivity index (χ0) is 25.1. The maximum atomic E-state index is 12.5. The van der Waals surface area contributed by atoms with Crippen molar-refractivity contribution in [1.82, 2.24) is 19.4 Å². The van der Waals surface area contributed by atoms with Crippen LogP contribution in [0.25, 0.3) is 16.7 Å². The molecule has 3 aromatic rings. The van der Waals surface area contributed by atoms with Gasteiger partial charge in [-0.05, 0) is 62.8 Å². The average molecular weight is 513 g/mol. The number of likely N-dealkylation sites (tertiary alicyclic amines) is 1. The predicted octanol–water partition coefficient (Wildman–Crippen LogP) is 2.68. The van der Waals surface area contributed by atoms with Crippen LogP contribution in [-0.4, -0.2) is 65.3 Å². The van der Waals surface area contributed by atoms with E-state index in [2.05, 4.69) is 10.3 Å². The van der Waals surface area contributed by atoms with E-state index in [1.807, 2.05) is 46.0 Å². The SMILES string of the molecule is NS(=O)(=O)CCCOc1cccc2c1ccn2-c1ccnc(N[C@H]2CC[C@H](C(=O)N3CCC3)CC2)n1. The molecule has 1 saturated carbocycles. The number of rotatable bonds is 9. The highest BCUT2D eigenvalue weighted by Crippen LogP contribution is 2.30. The Balaban J connectivity index is 1.23. The van der Waals surface area contributed by atoms with Gasteiger partial charge in [-0.3, -0.25) is 4.79 Å². The molecule has 3 heterocycles. The monoisotopic (exact) mass is 512 g/mol. The molecule has 5 rings (SSSR count). The average Bonchev–Trinajstić information content (AvgIpc) is 3.26. The van der Waals surface area contributed by atoms with E-state index in [0.29, 0.717) is 24.0 Å². The Bertz CT molecular complexity index is 1330. The number of anilines is 1. The molecular formula is C25H32N6O4S. The first kappa shape index (κ1) is 24.5. The minimum absolute atomic E-state index is 0.114. The summed E-state index contributed by atoms with van der Waals surface area (Å²) in [5, 5.41) is 9.43. The van der Waals surface area contributed by atoms with Crippen molar-refractivity contribution in [1.29, 1.82) is 0 Å². The van der Waals surface area contributed by atoms with Gasteiger partial charge in [-0.1, -0.05) is 6.07 Å². The van der Waals surface area contributed by atoms with Crippen LogP contribution in [0.2, 0.25) is 0 Å². The molecule has 0 spiro atoms. The molecule has 0 unspecified atom stereocenters. The third-order valence-electron chi connectivity index (χ3n) is 6.99. The van der Waals surface area contributed by atoms with Crippen LogP contribution in [0.5, 0.6) is 5.75 Å². The summed E-state index contributed by atoms with van der Waals surface area (Å²) in [4.78, 5) is 23.6. The van der Waals surface area contributed by atoms with Crippen molar-refractivity contribution in [2.75, 3.05) is 30.8 Å². The van der Waals surface area contributed by atoms with Crippen molar-refractivity contribution >= 4 is 32.8 Å². The molecule has 0 atom stereocenters. The van der Waals surface area contributed by atoms with E-state index in [1.54, 1.807) is 6.20 Å². The molecular weight excluding hydrogens is 480 g/mol. The number of hydrogen-bond donors (Lipinski definition) is 2. The molecule has 2 aromatic heterocycles. The van der Waals surface area contributed by atoms with Gasteiger partial charge in [0.25, 0.3) is 0 Å². The number of ether oxygens (including phenoxy) is 1. The largest absolute Gasteiger partial charge is 0.493 e. The molecule has 10 nitrogen and oxygen atoms in total. The van der Waals surface area contributed by atoms with Gasteiger partial charge in [0.2, 0.25) is 21.9 Å². The van der Waals surface area contributed by atoms with Crippen LogP contribution in [0.1, 0.15) is 38.5 Å². The first-order valence-corrected chi connectivity index (χ1v) is 14.2. The fraction of sp³-hybridized carbons (Fsp3) is 0.480. The number of hydrogen-bond acceptors (Lipinski definition) is 7. The van der Waals surface area contributed by atoms with Crippen LogP contribution in [0.15, 0.2) is 42.7 Å². The van der Waals surface area contributed by atoms with Gasteiger partial charge in [0, 0.05) is 42.8 Å². The highest BCUT2D eigenvalue weighted by molar-refractivity contribution is 7.89. The van der Waals surface area contributed by atoms with Gasteiger partial charge < -0.3 is 19.5 Å². The second kappa shape index (κ2) is 10.4. The van der Waals surface area contributed by atoms with Crippen molar-refractivity contribution in [3.63, 3.8) is 0 Å². The molecule has 1 saturated heterocycles. The molecule has 2 fully saturated rings. The van der Waals surface area contributed by atoms with Gasteiger partial charge in [-0.15, -0.1) is 0 Å². The first-order chi connectivity index (χ1) is 17.4. The smallest absolute Gasteiger partial charge is 0.225 e. The van der Waals surface area contributed by atoms with E-state index in [0.717, 1.165) is 61.9 Å². The standard InChI is InChI=1S/C25H32N6O4S/c26-36(33,34)17-3-16-35-22-5-1-4-21-20(22)11-15-31(21)23-10-12-27-25(29-23)28-19-8-6-18(7-9-19)24(32)30-13-2-14-30/h1,4-5,10-12,15,18-19H,2-3,6-9,13-14,16-17H2,(H2,26,33,34)(H,27,28,29)/t18-,19-. The van der Waals surface area contributed by atoms with Gasteiger partial charge in [-0.25, -0.2) is 18.5 Å². The van der Waals surface area contributed by atoms with Crippen LogP contribution in [-0.2, 0) is 14.8 Å². The Morgan fingerprint density at radius 2 is 1.94 bits per heavy atom. The predicted molar refractivity (Wildman–Crippen MR) is 138 cm³/mol. The Morgan fingerprint density at radius 1 is 1.14 bits per heavy atom. The highest BCUT2D eigenvalue weighted by atomic mass is 32.2. The summed E-state index contributed by atoms with van der Waals surface area (Å²) < 4.78 is 30.1. The number of sulfonamides is 1. The number of benzene rings is 1. The summed E-state index contributed by atoms with van der Waals surface area (Å²) in [5.41, 5.74) is 0.925. The normalized spacial score (nSPS) is 20.2. The van der Waals surface area contributed by atoms with Crippen LogP contribution < -0.4 is 15.2 Å². The van der Waals surface area contributed by atoms with Crippen LogP contribution >= 0.6 is 0 Å². The minimum Gasteiger partial charge on any atom is -0.493 e. The van der Waals surface area contributed by atoms with E-state index in [-0.39, 0.29) is 24.3 Å². The van der Waals surface area contributed by atoms with E-state index < -0.39 is 10.0 Å². The van der Waals surface area contributed by atoms with E-state index in [4.69, 9.17) is 14.9 Å². The first-order valence-electron chi connectivity index (χ1n) is 12.5. The van der Waals surface area contributed by atoms with Crippen molar-refractivity contribution in [2.24, 2.45) is 11.1 Å². The molecule has 0 bridgehead atoms. The summed E-state index contributed by atoms with van der Waals surface area (Å²) in [7, 11) is -3.50. The summed E-state index contributed by atoms with van der Waals surface area (Å²) in [6, 6.07) is 9.80. The summed E-state index contributed by atoms with van der Waals surface area (Å²) in [6.45, 7) is 2.09. The lowest BCUT2D eigenvalue weighted by atomic mass is 9.84. The Hall–Kier alpha value is -3.18. The second-order valence-electron chi connectivity index (χ2n) is 9.55. The lowest BCUT2D eigenvalue weighted by molar-refractivity contribution is -0.140.